The average molecular weight is 451 g/mol. The van der Waals surface area contributed by atoms with Crippen LogP contribution >= 0.6 is 0 Å². The lowest BCUT2D eigenvalue weighted by atomic mass is 9.65. The molecule has 2 amide bonds. The molecular weight excluding hydrogens is 412 g/mol. The van der Waals surface area contributed by atoms with Crippen molar-refractivity contribution in [3.63, 3.8) is 0 Å². The molecule has 0 aromatic rings. The molecule has 3 fully saturated rings. The Bertz CT molecular complexity index is 757. The SMILES string of the molecule is C=CCN(C(=O)C1N(CCO)C(=O)[C@@H]2[C@H](C(=O)OCC)[C@]3(CC)CCC12O3)C(C)CCC. The molecule has 8 heteroatoms. The molecule has 3 aliphatic rings. The number of rotatable bonds is 11. The normalized spacial score (nSPS) is 33.8. The minimum absolute atomic E-state index is 0.0234. The third-order valence-corrected chi connectivity index (χ3v) is 7.64. The summed E-state index contributed by atoms with van der Waals surface area (Å²) in [6.45, 7) is 11.9. The number of likely N-dealkylation sites (tertiary alicyclic amines) is 1. The number of aliphatic hydroxyl groups excluding tert-OH is 1. The van der Waals surface area contributed by atoms with Gasteiger partial charge in [0.15, 0.2) is 0 Å². The summed E-state index contributed by atoms with van der Waals surface area (Å²) in [6.07, 6.45) is 5.11. The van der Waals surface area contributed by atoms with E-state index < -0.39 is 35.0 Å². The van der Waals surface area contributed by atoms with Crippen molar-refractivity contribution in [2.24, 2.45) is 11.8 Å². The van der Waals surface area contributed by atoms with Gasteiger partial charge in [0.1, 0.15) is 17.6 Å². The molecular formula is C24H38N2O6. The van der Waals surface area contributed by atoms with Crippen molar-refractivity contribution in [3.8, 4) is 0 Å². The number of hydrogen-bond donors (Lipinski definition) is 1. The summed E-state index contributed by atoms with van der Waals surface area (Å²) in [5.41, 5.74) is -1.88. The highest BCUT2D eigenvalue weighted by Gasteiger charge is 2.79. The van der Waals surface area contributed by atoms with Gasteiger partial charge in [0.05, 0.1) is 24.7 Å². The van der Waals surface area contributed by atoms with Crippen LogP contribution < -0.4 is 0 Å². The largest absolute Gasteiger partial charge is 0.466 e. The van der Waals surface area contributed by atoms with Crippen LogP contribution in [0.4, 0.5) is 0 Å². The van der Waals surface area contributed by atoms with Gasteiger partial charge in [-0.15, -0.1) is 6.58 Å². The topological polar surface area (TPSA) is 96.4 Å². The highest BCUT2D eigenvalue weighted by Crippen LogP contribution is 2.64. The quantitative estimate of drug-likeness (QED) is 0.382. The van der Waals surface area contributed by atoms with Crippen molar-refractivity contribution in [3.05, 3.63) is 12.7 Å². The van der Waals surface area contributed by atoms with Gasteiger partial charge in [0.25, 0.3) is 0 Å². The van der Waals surface area contributed by atoms with Crippen LogP contribution in [0.5, 0.6) is 0 Å². The van der Waals surface area contributed by atoms with Crippen LogP contribution in [0, 0.1) is 11.8 Å². The number of fused-ring (bicyclic) bond motifs is 1. The third-order valence-electron chi connectivity index (χ3n) is 7.64. The first-order valence-corrected chi connectivity index (χ1v) is 12.0. The zero-order valence-corrected chi connectivity index (χ0v) is 19.8. The molecule has 0 aromatic heterocycles. The molecule has 3 aliphatic heterocycles. The Balaban J connectivity index is 2.08. The maximum atomic E-state index is 14.0. The van der Waals surface area contributed by atoms with E-state index in [2.05, 4.69) is 13.5 Å². The lowest BCUT2D eigenvalue weighted by Crippen LogP contribution is -2.58. The van der Waals surface area contributed by atoms with Crippen molar-refractivity contribution < 1.29 is 29.0 Å². The molecule has 8 nitrogen and oxygen atoms in total. The van der Waals surface area contributed by atoms with E-state index >= 15 is 0 Å². The number of β-amino-alcohol motifs (C(OH)–C–C–N with tert-alkyl or cyclic N) is 1. The van der Waals surface area contributed by atoms with Crippen LogP contribution in [0.3, 0.4) is 0 Å². The molecule has 3 saturated heterocycles. The molecule has 0 radical (unpaired) electrons. The first-order chi connectivity index (χ1) is 15.3. The maximum absolute atomic E-state index is 14.0. The van der Waals surface area contributed by atoms with Gasteiger partial charge in [0.2, 0.25) is 11.8 Å². The number of carbonyl (C=O) groups excluding carboxylic acids is 3. The zero-order chi connectivity index (χ0) is 23.7. The molecule has 32 heavy (non-hydrogen) atoms. The Morgan fingerprint density at radius 2 is 2.09 bits per heavy atom. The number of aliphatic hydroxyl groups is 1. The van der Waals surface area contributed by atoms with Crippen LogP contribution in [-0.4, -0.2) is 82.3 Å². The molecule has 2 bridgehead atoms. The summed E-state index contributed by atoms with van der Waals surface area (Å²) in [4.78, 5) is 43.9. The Morgan fingerprint density at radius 1 is 1.38 bits per heavy atom. The van der Waals surface area contributed by atoms with Gasteiger partial charge in [-0.2, -0.15) is 0 Å². The van der Waals surface area contributed by atoms with E-state index in [1.54, 1.807) is 17.9 Å². The Hall–Kier alpha value is -1.93. The van der Waals surface area contributed by atoms with E-state index in [4.69, 9.17) is 9.47 Å². The van der Waals surface area contributed by atoms with Crippen LogP contribution in [-0.2, 0) is 23.9 Å². The summed E-state index contributed by atoms with van der Waals surface area (Å²) in [7, 11) is 0. The number of hydrogen-bond acceptors (Lipinski definition) is 6. The molecule has 180 valence electrons. The van der Waals surface area contributed by atoms with E-state index in [0.717, 1.165) is 12.8 Å². The lowest BCUT2D eigenvalue weighted by Gasteiger charge is -2.38. The Labute approximate surface area is 190 Å². The highest BCUT2D eigenvalue weighted by molar-refractivity contribution is 5.98. The van der Waals surface area contributed by atoms with Crippen molar-refractivity contribution in [2.75, 3.05) is 26.3 Å². The van der Waals surface area contributed by atoms with Crippen molar-refractivity contribution >= 4 is 17.8 Å². The molecule has 0 aliphatic carbocycles. The van der Waals surface area contributed by atoms with E-state index in [9.17, 15) is 19.5 Å². The molecule has 3 unspecified atom stereocenters. The van der Waals surface area contributed by atoms with Gasteiger partial charge in [0, 0.05) is 19.1 Å². The van der Waals surface area contributed by atoms with Crippen LogP contribution in [0.25, 0.3) is 0 Å². The first-order valence-electron chi connectivity index (χ1n) is 12.0. The minimum Gasteiger partial charge on any atom is -0.466 e. The summed E-state index contributed by atoms with van der Waals surface area (Å²) in [6, 6.07) is -0.911. The second-order valence-corrected chi connectivity index (χ2v) is 9.26. The van der Waals surface area contributed by atoms with Crippen LogP contribution in [0.1, 0.15) is 59.8 Å². The predicted molar refractivity (Wildman–Crippen MR) is 119 cm³/mol. The average Bonchev–Trinajstić information content (AvgIpc) is 3.36. The molecule has 0 aromatic carbocycles. The highest BCUT2D eigenvalue weighted by atomic mass is 16.6. The smallest absolute Gasteiger partial charge is 0.312 e. The maximum Gasteiger partial charge on any atom is 0.312 e. The third kappa shape index (κ3) is 3.55. The summed E-state index contributed by atoms with van der Waals surface area (Å²) < 4.78 is 12.0. The van der Waals surface area contributed by atoms with E-state index in [1.165, 1.54) is 4.90 Å². The second kappa shape index (κ2) is 9.51. The van der Waals surface area contributed by atoms with Crippen molar-refractivity contribution in [2.45, 2.75) is 83.1 Å². The number of ether oxygens (including phenoxy) is 2. The Morgan fingerprint density at radius 3 is 2.66 bits per heavy atom. The predicted octanol–water partition coefficient (Wildman–Crippen LogP) is 1.90. The van der Waals surface area contributed by atoms with Gasteiger partial charge in [-0.1, -0.05) is 26.3 Å². The van der Waals surface area contributed by atoms with Gasteiger partial charge in [-0.25, -0.2) is 0 Å². The zero-order valence-electron chi connectivity index (χ0n) is 19.8. The fourth-order valence-corrected chi connectivity index (χ4v) is 6.29. The van der Waals surface area contributed by atoms with Gasteiger partial charge in [-0.3, -0.25) is 14.4 Å². The van der Waals surface area contributed by atoms with E-state index in [0.29, 0.717) is 25.8 Å². The molecule has 3 heterocycles. The second-order valence-electron chi connectivity index (χ2n) is 9.26. The minimum atomic E-state index is -1.08. The number of esters is 1. The van der Waals surface area contributed by atoms with E-state index in [1.807, 2.05) is 13.8 Å². The molecule has 1 N–H and O–H groups in total. The molecule has 0 saturated carbocycles. The van der Waals surface area contributed by atoms with Crippen LogP contribution in [0.15, 0.2) is 12.7 Å². The standard InChI is InChI=1S/C24H38N2O6/c1-6-10-16(5)25(13-7-2)21(29)19-24-12-11-23(8-3,32-24)18(22(30)31-9-4)17(24)20(28)26(19)14-15-27/h7,16-19,27H,2,6,8-15H2,1,3-5H3/t16?,17-,18+,19?,23-,24?/m0/s1. The molecule has 1 spiro atoms. The lowest BCUT2D eigenvalue weighted by molar-refractivity contribution is -0.162. The fourth-order valence-electron chi connectivity index (χ4n) is 6.29. The van der Waals surface area contributed by atoms with Gasteiger partial charge in [-0.05, 0) is 39.5 Å². The monoisotopic (exact) mass is 450 g/mol. The van der Waals surface area contributed by atoms with Crippen molar-refractivity contribution in [1.82, 2.24) is 9.80 Å². The number of nitrogens with zero attached hydrogens (tertiary/aromatic N) is 2. The summed E-state index contributed by atoms with van der Waals surface area (Å²) in [5, 5.41) is 9.70. The fraction of sp³-hybridized carbons (Fsp3) is 0.792. The molecule has 3 rings (SSSR count). The van der Waals surface area contributed by atoms with Crippen molar-refractivity contribution in [1.29, 1.82) is 0 Å². The number of amides is 2. The van der Waals surface area contributed by atoms with Gasteiger partial charge < -0.3 is 24.4 Å². The van der Waals surface area contributed by atoms with Crippen LogP contribution in [0.2, 0.25) is 0 Å². The van der Waals surface area contributed by atoms with Gasteiger partial charge >= 0.3 is 5.97 Å². The summed E-state index contributed by atoms with van der Waals surface area (Å²) in [5.74, 6) is -2.45. The Kier molecular flexibility index (Phi) is 7.34. The number of carbonyl (C=O) groups is 3. The summed E-state index contributed by atoms with van der Waals surface area (Å²) >= 11 is 0. The first kappa shape index (κ1) is 24.7. The van der Waals surface area contributed by atoms with E-state index in [-0.39, 0.29) is 37.6 Å². The molecule has 6 atom stereocenters.